The van der Waals surface area contributed by atoms with Gasteiger partial charge in [-0.1, -0.05) is 0 Å². The van der Waals surface area contributed by atoms with Crippen molar-refractivity contribution in [2.75, 3.05) is 51.1 Å². The van der Waals surface area contributed by atoms with Crippen LogP contribution in [-0.4, -0.2) is 69.5 Å². The number of thioether (sulfide) groups is 1. The van der Waals surface area contributed by atoms with E-state index in [2.05, 4.69) is 31.5 Å². The molecule has 2 N–H and O–H groups in total. The molecule has 0 saturated carbocycles. The number of benzene rings is 1. The number of nitrogens with zero attached hydrogens (tertiary/aromatic N) is 2. The molecule has 31 heavy (non-hydrogen) atoms. The van der Waals surface area contributed by atoms with Crippen molar-refractivity contribution in [3.05, 3.63) is 24.3 Å². The summed E-state index contributed by atoms with van der Waals surface area (Å²) in [5.41, 5.74) is 1.01. The van der Waals surface area contributed by atoms with Gasteiger partial charge in [0.05, 0.1) is 0 Å². The van der Waals surface area contributed by atoms with E-state index in [0.717, 1.165) is 70.2 Å². The van der Waals surface area contributed by atoms with Crippen molar-refractivity contribution in [2.24, 2.45) is 4.99 Å². The number of halogens is 3. The Labute approximate surface area is 204 Å². The summed E-state index contributed by atoms with van der Waals surface area (Å²) in [7, 11) is 1.80. The Hall–Kier alpha value is -1.01. The maximum Gasteiger partial charge on any atom is 0.387 e. The van der Waals surface area contributed by atoms with Crippen LogP contribution in [0.3, 0.4) is 0 Å². The van der Waals surface area contributed by atoms with E-state index >= 15 is 0 Å². The van der Waals surface area contributed by atoms with Crippen molar-refractivity contribution < 1.29 is 18.3 Å². The first-order valence-electron chi connectivity index (χ1n) is 10.4. The Kier molecular flexibility index (Phi) is 10.9. The first kappa shape index (κ1) is 26.2. The minimum atomic E-state index is -2.80. The van der Waals surface area contributed by atoms with Gasteiger partial charge >= 0.3 is 6.61 Å². The van der Waals surface area contributed by atoms with Gasteiger partial charge in [-0.05, 0) is 56.2 Å². The Morgan fingerprint density at radius 3 is 2.65 bits per heavy atom. The highest BCUT2D eigenvalue weighted by Gasteiger charge is 2.32. The molecule has 1 atom stereocenters. The standard InChI is InChI=1S/C21H32F2N4O2S.HI/c1-24-20(25-15-21(30-2)9-12-28-13-10-21)26-16-4-3-11-27(14-16)17-5-7-18(8-6-17)29-19(22)23;/h5-8,16,19H,3-4,9-15H2,1-2H3,(H2,24,25,26);1H. The zero-order valence-corrected chi connectivity index (χ0v) is 21.3. The van der Waals surface area contributed by atoms with Crippen LogP contribution >= 0.6 is 35.7 Å². The molecule has 2 heterocycles. The van der Waals surface area contributed by atoms with Gasteiger partial charge in [0.2, 0.25) is 0 Å². The third-order valence-corrected chi connectivity index (χ3v) is 7.25. The average Bonchev–Trinajstić information content (AvgIpc) is 2.77. The Morgan fingerprint density at radius 2 is 2.03 bits per heavy atom. The minimum Gasteiger partial charge on any atom is -0.435 e. The molecular formula is C21H33F2IN4O2S. The summed E-state index contributed by atoms with van der Waals surface area (Å²) in [6.07, 6.45) is 6.36. The normalized spacial score (nSPS) is 21.4. The van der Waals surface area contributed by atoms with Crippen molar-refractivity contribution in [1.29, 1.82) is 0 Å². The number of nitrogens with one attached hydrogen (secondary N) is 2. The molecule has 0 spiro atoms. The van der Waals surface area contributed by atoms with Gasteiger partial charge in [-0.25, -0.2) is 0 Å². The van der Waals surface area contributed by atoms with E-state index in [9.17, 15) is 8.78 Å². The first-order valence-corrected chi connectivity index (χ1v) is 11.7. The maximum atomic E-state index is 12.3. The third-order valence-electron chi connectivity index (χ3n) is 5.83. The van der Waals surface area contributed by atoms with Gasteiger partial charge < -0.3 is 25.0 Å². The third kappa shape index (κ3) is 7.81. The van der Waals surface area contributed by atoms with Crippen LogP contribution in [0.5, 0.6) is 5.75 Å². The largest absolute Gasteiger partial charge is 0.435 e. The van der Waals surface area contributed by atoms with Crippen LogP contribution in [0.1, 0.15) is 25.7 Å². The molecular weight excluding hydrogens is 537 g/mol. The monoisotopic (exact) mass is 570 g/mol. The number of piperidine rings is 1. The average molecular weight is 570 g/mol. The molecule has 10 heteroatoms. The molecule has 1 aromatic carbocycles. The molecule has 0 radical (unpaired) electrons. The van der Waals surface area contributed by atoms with E-state index < -0.39 is 6.61 Å². The summed E-state index contributed by atoms with van der Waals surface area (Å²) in [4.78, 5) is 6.68. The fraction of sp³-hybridized carbons (Fsp3) is 0.667. The van der Waals surface area contributed by atoms with E-state index in [1.165, 1.54) is 0 Å². The number of hydrogen-bond donors (Lipinski definition) is 2. The molecule has 2 saturated heterocycles. The summed E-state index contributed by atoms with van der Waals surface area (Å²) in [6.45, 7) is 1.45. The maximum absolute atomic E-state index is 12.3. The molecule has 2 fully saturated rings. The van der Waals surface area contributed by atoms with Gasteiger partial charge in [0.25, 0.3) is 0 Å². The SMILES string of the molecule is CN=C(NCC1(SC)CCOCC1)NC1CCCN(c2ccc(OC(F)F)cc2)C1.I. The fourth-order valence-corrected chi connectivity index (χ4v) is 4.79. The van der Waals surface area contributed by atoms with Gasteiger partial charge in [-0.15, -0.1) is 24.0 Å². The number of ether oxygens (including phenoxy) is 2. The van der Waals surface area contributed by atoms with Crippen LogP contribution in [0.25, 0.3) is 0 Å². The van der Waals surface area contributed by atoms with Crippen LogP contribution < -0.4 is 20.3 Å². The quantitative estimate of drug-likeness (QED) is 0.294. The minimum absolute atomic E-state index is 0. The molecule has 176 valence electrons. The summed E-state index contributed by atoms with van der Waals surface area (Å²) < 4.78 is 34.8. The molecule has 0 bridgehead atoms. The Balaban J connectivity index is 0.00000341. The van der Waals surface area contributed by atoms with Crippen LogP contribution in [-0.2, 0) is 4.74 Å². The second-order valence-corrected chi connectivity index (χ2v) is 9.00. The topological polar surface area (TPSA) is 58.1 Å². The summed E-state index contributed by atoms with van der Waals surface area (Å²) in [6, 6.07) is 7.12. The number of rotatable bonds is 7. The van der Waals surface area contributed by atoms with E-state index in [-0.39, 0.29) is 40.5 Å². The van der Waals surface area contributed by atoms with Crippen molar-refractivity contribution in [3.8, 4) is 5.75 Å². The highest BCUT2D eigenvalue weighted by molar-refractivity contribution is 14.0. The van der Waals surface area contributed by atoms with E-state index in [1.807, 2.05) is 23.9 Å². The molecule has 1 unspecified atom stereocenters. The first-order chi connectivity index (χ1) is 14.5. The Morgan fingerprint density at radius 1 is 1.32 bits per heavy atom. The van der Waals surface area contributed by atoms with E-state index in [1.54, 1.807) is 19.2 Å². The van der Waals surface area contributed by atoms with Crippen molar-refractivity contribution in [1.82, 2.24) is 10.6 Å². The molecule has 0 amide bonds. The molecule has 0 aliphatic carbocycles. The highest BCUT2D eigenvalue weighted by Crippen LogP contribution is 2.33. The van der Waals surface area contributed by atoms with Crippen LogP contribution in [0, 0.1) is 0 Å². The fourth-order valence-electron chi connectivity index (χ4n) is 4.00. The highest BCUT2D eigenvalue weighted by atomic mass is 127. The van der Waals surface area contributed by atoms with Crippen LogP contribution in [0.15, 0.2) is 29.3 Å². The molecule has 3 rings (SSSR count). The summed E-state index contributed by atoms with van der Waals surface area (Å²) in [5, 5.41) is 7.07. The van der Waals surface area contributed by atoms with Crippen LogP contribution in [0.4, 0.5) is 14.5 Å². The van der Waals surface area contributed by atoms with E-state index in [4.69, 9.17) is 4.74 Å². The van der Waals surface area contributed by atoms with Gasteiger partial charge in [0.15, 0.2) is 5.96 Å². The second-order valence-electron chi connectivity index (χ2n) is 7.73. The zero-order valence-electron chi connectivity index (χ0n) is 18.1. The van der Waals surface area contributed by atoms with Gasteiger partial charge in [0.1, 0.15) is 5.75 Å². The van der Waals surface area contributed by atoms with Gasteiger partial charge in [-0.3, -0.25) is 4.99 Å². The van der Waals surface area contributed by atoms with Gasteiger partial charge in [0, 0.05) is 56.4 Å². The molecule has 2 aliphatic heterocycles. The molecule has 1 aromatic rings. The van der Waals surface area contributed by atoms with Crippen molar-refractivity contribution in [3.63, 3.8) is 0 Å². The summed E-state index contributed by atoms with van der Waals surface area (Å²) >= 11 is 1.90. The molecule has 2 aliphatic rings. The zero-order chi connectivity index (χ0) is 21.4. The number of alkyl halides is 2. The molecule has 6 nitrogen and oxygen atoms in total. The lowest BCUT2D eigenvalue weighted by Crippen LogP contribution is -2.53. The lowest BCUT2D eigenvalue weighted by molar-refractivity contribution is -0.0498. The smallest absolute Gasteiger partial charge is 0.387 e. The number of anilines is 1. The number of guanidine groups is 1. The molecule has 0 aromatic heterocycles. The second kappa shape index (κ2) is 12.9. The van der Waals surface area contributed by atoms with Crippen molar-refractivity contribution in [2.45, 2.75) is 43.1 Å². The van der Waals surface area contributed by atoms with E-state index in [0.29, 0.717) is 0 Å². The predicted octanol–water partition coefficient (Wildman–Crippen LogP) is 3.95. The lowest BCUT2D eigenvalue weighted by atomic mass is 9.99. The number of hydrogen-bond acceptors (Lipinski definition) is 5. The lowest BCUT2D eigenvalue weighted by Gasteiger charge is -2.38. The van der Waals surface area contributed by atoms with Gasteiger partial charge in [-0.2, -0.15) is 20.5 Å². The van der Waals surface area contributed by atoms with Crippen LogP contribution in [0.2, 0.25) is 0 Å². The summed E-state index contributed by atoms with van der Waals surface area (Å²) in [5.74, 6) is 1.00. The number of aliphatic imine (C=N–C) groups is 1. The Bertz CT molecular complexity index is 690. The predicted molar refractivity (Wildman–Crippen MR) is 135 cm³/mol. The van der Waals surface area contributed by atoms with Crippen molar-refractivity contribution >= 4 is 47.4 Å².